The molecule has 0 spiro atoms. The van der Waals surface area contributed by atoms with Crippen LogP contribution in [0.2, 0.25) is 0 Å². The molecule has 1 atom stereocenters. The van der Waals surface area contributed by atoms with Crippen molar-refractivity contribution in [3.05, 3.63) is 24.2 Å². The van der Waals surface area contributed by atoms with Gasteiger partial charge in [0.1, 0.15) is 12.4 Å². The monoisotopic (exact) mass is 241 g/mol. The van der Waals surface area contributed by atoms with E-state index in [4.69, 9.17) is 9.15 Å². The molecule has 1 aromatic heterocycles. The number of nitrogens with one attached hydrogen (secondary N) is 1. The molecule has 1 unspecified atom stereocenters. The number of amides is 1. The van der Waals surface area contributed by atoms with Crippen molar-refractivity contribution < 1.29 is 19.1 Å². The van der Waals surface area contributed by atoms with Gasteiger partial charge in [0, 0.05) is 19.6 Å². The number of hydrogen-bond donors (Lipinski definition) is 2. The Bertz CT molecular complexity index is 332. The molecule has 1 heterocycles. The van der Waals surface area contributed by atoms with Crippen LogP contribution in [0, 0.1) is 0 Å². The first-order chi connectivity index (χ1) is 8.03. The Morgan fingerprint density at radius 3 is 3.00 bits per heavy atom. The number of rotatable bonds is 7. The maximum atomic E-state index is 11.3. The lowest BCUT2D eigenvalue weighted by atomic mass is 10.0. The summed E-state index contributed by atoms with van der Waals surface area (Å²) in [5.41, 5.74) is -1.03. The zero-order chi connectivity index (χ0) is 12.7. The molecular formula is C12H19NO4. The molecule has 17 heavy (non-hydrogen) atoms. The molecule has 5 heteroatoms. The van der Waals surface area contributed by atoms with Crippen LogP contribution in [0.15, 0.2) is 22.8 Å². The molecule has 0 aliphatic heterocycles. The van der Waals surface area contributed by atoms with Crippen LogP contribution in [0.3, 0.4) is 0 Å². The standard InChI is InChI=1S/C12H19NO4/c1-3-16-8-11(14)13-9-12(2,15)7-10-5-4-6-17-10/h4-6,15H,3,7-9H2,1-2H3,(H,13,14). The summed E-state index contributed by atoms with van der Waals surface area (Å²) in [5.74, 6) is 0.459. The van der Waals surface area contributed by atoms with Crippen molar-refractivity contribution in [3.8, 4) is 0 Å². The molecule has 0 bridgehead atoms. The molecular weight excluding hydrogens is 222 g/mol. The van der Waals surface area contributed by atoms with E-state index in [-0.39, 0.29) is 19.1 Å². The third-order valence-electron chi connectivity index (χ3n) is 2.24. The van der Waals surface area contributed by atoms with Crippen LogP contribution in [0.4, 0.5) is 0 Å². The Labute approximate surface area is 101 Å². The maximum absolute atomic E-state index is 11.3. The number of furan rings is 1. The van der Waals surface area contributed by atoms with Crippen LogP contribution in [-0.2, 0) is 16.0 Å². The minimum atomic E-state index is -1.03. The molecule has 0 saturated heterocycles. The molecule has 0 radical (unpaired) electrons. The second-order valence-electron chi connectivity index (χ2n) is 4.17. The van der Waals surface area contributed by atoms with Crippen molar-refractivity contribution >= 4 is 5.91 Å². The van der Waals surface area contributed by atoms with Crippen molar-refractivity contribution in [1.29, 1.82) is 0 Å². The second kappa shape index (κ2) is 6.42. The number of ether oxygens (including phenoxy) is 1. The normalized spacial score (nSPS) is 14.3. The number of aliphatic hydroxyl groups is 1. The molecule has 0 saturated carbocycles. The van der Waals surface area contributed by atoms with Crippen LogP contribution in [-0.4, -0.2) is 36.4 Å². The molecule has 0 aliphatic rings. The Kier molecular flexibility index (Phi) is 5.18. The zero-order valence-electron chi connectivity index (χ0n) is 10.2. The van der Waals surface area contributed by atoms with Crippen LogP contribution in [0.1, 0.15) is 19.6 Å². The number of carbonyl (C=O) groups excluding carboxylic acids is 1. The van der Waals surface area contributed by atoms with Gasteiger partial charge in [0.15, 0.2) is 0 Å². The molecule has 1 aromatic rings. The first kappa shape index (κ1) is 13.7. The second-order valence-corrected chi connectivity index (χ2v) is 4.17. The third kappa shape index (κ3) is 5.51. The minimum absolute atomic E-state index is 0.0212. The van der Waals surface area contributed by atoms with Gasteiger partial charge in [-0.1, -0.05) is 0 Å². The minimum Gasteiger partial charge on any atom is -0.469 e. The van der Waals surface area contributed by atoms with E-state index in [1.165, 1.54) is 0 Å². The van der Waals surface area contributed by atoms with E-state index < -0.39 is 5.60 Å². The van der Waals surface area contributed by atoms with E-state index in [1.807, 2.05) is 6.92 Å². The van der Waals surface area contributed by atoms with Gasteiger partial charge in [-0.05, 0) is 26.0 Å². The average molecular weight is 241 g/mol. The lowest BCUT2D eigenvalue weighted by Gasteiger charge is -2.22. The highest BCUT2D eigenvalue weighted by Crippen LogP contribution is 2.12. The smallest absolute Gasteiger partial charge is 0.246 e. The summed E-state index contributed by atoms with van der Waals surface area (Å²) >= 11 is 0. The quantitative estimate of drug-likeness (QED) is 0.738. The van der Waals surface area contributed by atoms with Gasteiger partial charge in [-0.15, -0.1) is 0 Å². The topological polar surface area (TPSA) is 71.7 Å². The van der Waals surface area contributed by atoms with E-state index in [0.717, 1.165) is 0 Å². The van der Waals surface area contributed by atoms with E-state index in [0.29, 0.717) is 18.8 Å². The zero-order valence-corrected chi connectivity index (χ0v) is 10.2. The van der Waals surface area contributed by atoms with E-state index in [1.54, 1.807) is 25.3 Å². The van der Waals surface area contributed by atoms with Crippen molar-refractivity contribution in [3.63, 3.8) is 0 Å². The lowest BCUT2D eigenvalue weighted by molar-refractivity contribution is -0.126. The molecule has 1 amide bonds. The van der Waals surface area contributed by atoms with Crippen LogP contribution < -0.4 is 5.32 Å². The van der Waals surface area contributed by atoms with Gasteiger partial charge in [-0.2, -0.15) is 0 Å². The van der Waals surface area contributed by atoms with Gasteiger partial charge < -0.3 is 19.6 Å². The van der Waals surface area contributed by atoms with Crippen LogP contribution in [0.5, 0.6) is 0 Å². The molecule has 96 valence electrons. The molecule has 0 fully saturated rings. The molecule has 0 aromatic carbocycles. The van der Waals surface area contributed by atoms with Crippen molar-refractivity contribution in [2.75, 3.05) is 19.8 Å². The van der Waals surface area contributed by atoms with Gasteiger partial charge in [0.2, 0.25) is 5.91 Å². The first-order valence-corrected chi connectivity index (χ1v) is 5.63. The van der Waals surface area contributed by atoms with Crippen molar-refractivity contribution in [2.45, 2.75) is 25.9 Å². The fourth-order valence-corrected chi connectivity index (χ4v) is 1.39. The summed E-state index contributed by atoms with van der Waals surface area (Å²) < 4.78 is 10.1. The summed E-state index contributed by atoms with van der Waals surface area (Å²) in [6.45, 7) is 4.15. The number of carbonyl (C=O) groups is 1. The molecule has 1 rings (SSSR count). The summed E-state index contributed by atoms with van der Waals surface area (Å²) in [6, 6.07) is 3.55. The number of hydrogen-bond acceptors (Lipinski definition) is 4. The molecule has 5 nitrogen and oxygen atoms in total. The fourth-order valence-electron chi connectivity index (χ4n) is 1.39. The predicted molar refractivity (Wildman–Crippen MR) is 62.5 cm³/mol. The third-order valence-corrected chi connectivity index (χ3v) is 2.24. The fraction of sp³-hybridized carbons (Fsp3) is 0.583. The summed E-state index contributed by atoms with van der Waals surface area (Å²) in [7, 11) is 0. The average Bonchev–Trinajstić information content (AvgIpc) is 2.75. The summed E-state index contributed by atoms with van der Waals surface area (Å²) in [6.07, 6.45) is 1.91. The lowest BCUT2D eigenvalue weighted by Crippen LogP contribution is -2.43. The van der Waals surface area contributed by atoms with E-state index in [9.17, 15) is 9.90 Å². The van der Waals surface area contributed by atoms with Gasteiger partial charge in [0.05, 0.1) is 11.9 Å². The van der Waals surface area contributed by atoms with E-state index in [2.05, 4.69) is 5.32 Å². The van der Waals surface area contributed by atoms with Gasteiger partial charge in [-0.3, -0.25) is 4.79 Å². The Morgan fingerprint density at radius 1 is 1.65 bits per heavy atom. The maximum Gasteiger partial charge on any atom is 0.246 e. The summed E-state index contributed by atoms with van der Waals surface area (Å²) in [5, 5.41) is 12.7. The summed E-state index contributed by atoms with van der Waals surface area (Å²) in [4.78, 5) is 11.3. The highest BCUT2D eigenvalue weighted by Gasteiger charge is 2.23. The molecule has 2 N–H and O–H groups in total. The first-order valence-electron chi connectivity index (χ1n) is 5.63. The van der Waals surface area contributed by atoms with Gasteiger partial charge >= 0.3 is 0 Å². The van der Waals surface area contributed by atoms with Crippen LogP contribution >= 0.6 is 0 Å². The Balaban J connectivity index is 2.31. The van der Waals surface area contributed by atoms with Crippen LogP contribution in [0.25, 0.3) is 0 Å². The molecule has 0 aliphatic carbocycles. The largest absolute Gasteiger partial charge is 0.469 e. The highest BCUT2D eigenvalue weighted by molar-refractivity contribution is 5.77. The van der Waals surface area contributed by atoms with Crippen molar-refractivity contribution in [2.24, 2.45) is 0 Å². The predicted octanol–water partition coefficient (Wildman–Crippen LogP) is 0.726. The Morgan fingerprint density at radius 2 is 2.41 bits per heavy atom. The van der Waals surface area contributed by atoms with E-state index >= 15 is 0 Å². The SMILES string of the molecule is CCOCC(=O)NCC(C)(O)Cc1ccco1. The van der Waals surface area contributed by atoms with Crippen molar-refractivity contribution in [1.82, 2.24) is 5.32 Å². The van der Waals surface area contributed by atoms with Gasteiger partial charge in [-0.25, -0.2) is 0 Å². The highest BCUT2D eigenvalue weighted by atomic mass is 16.5. The van der Waals surface area contributed by atoms with Gasteiger partial charge in [0.25, 0.3) is 0 Å². The Hall–Kier alpha value is -1.33.